The summed E-state index contributed by atoms with van der Waals surface area (Å²) in [7, 11) is 0.894. The summed E-state index contributed by atoms with van der Waals surface area (Å²) in [4.78, 5) is 10.5. The van der Waals surface area contributed by atoms with E-state index in [4.69, 9.17) is 0 Å². The Labute approximate surface area is 58.1 Å². The van der Waals surface area contributed by atoms with E-state index < -0.39 is 0 Å². The highest BCUT2D eigenvalue weighted by Crippen LogP contribution is 1.75. The molecule has 0 aliphatic heterocycles. The van der Waals surface area contributed by atoms with E-state index in [1.807, 2.05) is 0 Å². The van der Waals surface area contributed by atoms with Gasteiger partial charge in [-0.2, -0.15) is 0 Å². The van der Waals surface area contributed by atoms with E-state index in [-0.39, 0.29) is 11.6 Å². The van der Waals surface area contributed by atoms with Crippen LogP contribution in [0.4, 0.5) is 0 Å². The van der Waals surface area contributed by atoms with Crippen molar-refractivity contribution in [2.75, 3.05) is 0 Å². The lowest BCUT2D eigenvalue weighted by Gasteiger charge is -2.04. The van der Waals surface area contributed by atoms with Crippen molar-refractivity contribution in [1.29, 1.82) is 0 Å². The summed E-state index contributed by atoms with van der Waals surface area (Å²) in [5.74, 6) is -0.130. The number of hydrogen-bond donors (Lipinski definition) is 1. The molecule has 0 aromatic carbocycles. The van der Waals surface area contributed by atoms with Gasteiger partial charge in [0.25, 0.3) is 0 Å². The normalized spacial score (nSPS) is 12.0. The summed E-state index contributed by atoms with van der Waals surface area (Å²) in [5.41, 5.74) is 0.162. The average molecular weight is 141 g/mol. The predicted molar refractivity (Wildman–Crippen MR) is 42.3 cm³/mol. The van der Waals surface area contributed by atoms with Crippen molar-refractivity contribution in [3.05, 3.63) is 25.3 Å². The van der Waals surface area contributed by atoms with Crippen LogP contribution >= 0.6 is 0 Å². The van der Waals surface area contributed by atoms with Crippen molar-refractivity contribution in [1.82, 2.24) is 5.32 Å². The van der Waals surface area contributed by atoms with E-state index in [2.05, 4.69) is 18.5 Å². The number of amides is 1. The third kappa shape index (κ3) is 3.73. The highest BCUT2D eigenvalue weighted by molar-refractivity contribution is 6.14. The van der Waals surface area contributed by atoms with Gasteiger partial charge in [-0.3, -0.25) is 4.79 Å². The second kappa shape index (κ2) is 4.09. The molecule has 9 heavy (non-hydrogen) atoms. The van der Waals surface area contributed by atoms with Crippen LogP contribution in [0.15, 0.2) is 25.3 Å². The van der Waals surface area contributed by atoms with Crippen LogP contribution in [0.3, 0.4) is 0 Å². The quantitative estimate of drug-likeness (QED) is 0.310. The van der Waals surface area contributed by atoms with Gasteiger partial charge in [0.15, 0.2) is 0 Å². The molecular formula is C6H11NOSi. The molecule has 0 heterocycles. The topological polar surface area (TPSA) is 29.1 Å². The van der Waals surface area contributed by atoms with Crippen LogP contribution in [0.5, 0.6) is 0 Å². The average Bonchev–Trinajstić information content (AvgIpc) is 1.87. The SMILES string of the molecule is C=CC(=O)NC([SiH3])C=C. The molecule has 1 unspecified atom stereocenters. The second-order valence-corrected chi connectivity index (χ2v) is 2.98. The van der Waals surface area contributed by atoms with Crippen molar-refractivity contribution in [3.63, 3.8) is 0 Å². The molecule has 0 fully saturated rings. The molecular weight excluding hydrogens is 130 g/mol. The molecule has 1 atom stereocenters. The maximum atomic E-state index is 10.5. The Hall–Kier alpha value is -0.833. The third-order valence-corrected chi connectivity index (χ3v) is 1.67. The van der Waals surface area contributed by atoms with Gasteiger partial charge in [-0.15, -0.1) is 6.58 Å². The summed E-state index contributed by atoms with van der Waals surface area (Å²) < 4.78 is 0. The highest BCUT2D eigenvalue weighted by atomic mass is 28.1. The summed E-state index contributed by atoms with van der Waals surface area (Å²) in [6.45, 7) is 6.85. The first kappa shape index (κ1) is 8.17. The molecule has 0 rings (SSSR count). The lowest BCUT2D eigenvalue weighted by molar-refractivity contribution is -0.116. The summed E-state index contributed by atoms with van der Waals surface area (Å²) in [6.07, 6.45) is 2.97. The molecule has 0 aliphatic carbocycles. The zero-order valence-electron chi connectivity index (χ0n) is 5.55. The van der Waals surface area contributed by atoms with E-state index >= 15 is 0 Å². The Kier molecular flexibility index (Phi) is 3.71. The van der Waals surface area contributed by atoms with Crippen LogP contribution in [0.25, 0.3) is 0 Å². The predicted octanol–water partition coefficient (Wildman–Crippen LogP) is -0.834. The van der Waals surface area contributed by atoms with Crippen LogP contribution in [0.2, 0.25) is 0 Å². The van der Waals surface area contributed by atoms with Gasteiger partial charge in [0.2, 0.25) is 5.91 Å². The van der Waals surface area contributed by atoms with Gasteiger partial charge in [0, 0.05) is 15.9 Å². The molecule has 0 aliphatic rings. The van der Waals surface area contributed by atoms with E-state index in [1.165, 1.54) is 6.08 Å². The standard InChI is InChI=1S/C6H11NOSi/c1-3-5(8)7-6(9)4-2/h3-4,6H,1-2H2,9H3,(H,7,8). The largest absolute Gasteiger partial charge is 0.350 e. The smallest absolute Gasteiger partial charge is 0.243 e. The lowest BCUT2D eigenvalue weighted by Crippen LogP contribution is -2.31. The number of carbonyl (C=O) groups excluding carboxylic acids is 1. The minimum atomic E-state index is -0.130. The summed E-state index contributed by atoms with van der Waals surface area (Å²) >= 11 is 0. The van der Waals surface area contributed by atoms with Crippen LogP contribution < -0.4 is 5.32 Å². The van der Waals surface area contributed by atoms with Crippen molar-refractivity contribution < 1.29 is 4.79 Å². The second-order valence-electron chi connectivity index (χ2n) is 1.74. The van der Waals surface area contributed by atoms with Crippen LogP contribution in [0.1, 0.15) is 0 Å². The monoisotopic (exact) mass is 141 g/mol. The molecule has 0 saturated carbocycles. The van der Waals surface area contributed by atoms with Crippen LogP contribution in [-0.2, 0) is 4.79 Å². The van der Waals surface area contributed by atoms with E-state index in [0.717, 1.165) is 10.2 Å². The zero-order chi connectivity index (χ0) is 7.28. The first-order valence-corrected chi connectivity index (χ1v) is 3.91. The Morgan fingerprint density at radius 2 is 2.22 bits per heavy atom. The fraction of sp³-hybridized carbons (Fsp3) is 0.167. The van der Waals surface area contributed by atoms with Crippen molar-refractivity contribution in [2.24, 2.45) is 0 Å². The molecule has 0 bridgehead atoms. The van der Waals surface area contributed by atoms with E-state index in [1.54, 1.807) is 6.08 Å². The first-order valence-electron chi connectivity index (χ1n) is 2.76. The third-order valence-electron chi connectivity index (χ3n) is 0.909. The van der Waals surface area contributed by atoms with E-state index in [9.17, 15) is 4.79 Å². The Balaban J connectivity index is 3.58. The molecule has 3 heteroatoms. The number of rotatable bonds is 3. The molecule has 1 N–H and O–H groups in total. The fourth-order valence-electron chi connectivity index (χ4n) is 0.342. The molecule has 50 valence electrons. The van der Waals surface area contributed by atoms with Gasteiger partial charge >= 0.3 is 0 Å². The molecule has 0 aromatic rings. The number of hydrogen-bond acceptors (Lipinski definition) is 1. The van der Waals surface area contributed by atoms with Crippen molar-refractivity contribution in [2.45, 2.75) is 5.67 Å². The van der Waals surface area contributed by atoms with Gasteiger partial charge < -0.3 is 5.32 Å². The Morgan fingerprint density at radius 1 is 1.67 bits per heavy atom. The highest BCUT2D eigenvalue weighted by Gasteiger charge is 1.96. The van der Waals surface area contributed by atoms with Gasteiger partial charge in [-0.25, -0.2) is 0 Å². The Bertz CT molecular complexity index is 133. The van der Waals surface area contributed by atoms with Gasteiger partial charge in [0.05, 0.1) is 0 Å². The van der Waals surface area contributed by atoms with Crippen molar-refractivity contribution >= 4 is 16.1 Å². The minimum absolute atomic E-state index is 0.130. The molecule has 0 spiro atoms. The number of nitrogens with one attached hydrogen (secondary N) is 1. The maximum Gasteiger partial charge on any atom is 0.243 e. The first-order chi connectivity index (χ1) is 4.20. The minimum Gasteiger partial charge on any atom is -0.350 e. The molecule has 1 amide bonds. The van der Waals surface area contributed by atoms with Crippen LogP contribution in [0, 0.1) is 0 Å². The zero-order valence-corrected chi connectivity index (χ0v) is 7.55. The fourth-order valence-corrected chi connectivity index (χ4v) is 0.627. The van der Waals surface area contributed by atoms with Crippen molar-refractivity contribution in [3.8, 4) is 0 Å². The van der Waals surface area contributed by atoms with Gasteiger partial charge in [-0.1, -0.05) is 12.7 Å². The molecule has 0 saturated heterocycles. The van der Waals surface area contributed by atoms with E-state index in [0.29, 0.717) is 0 Å². The molecule has 2 nitrogen and oxygen atoms in total. The van der Waals surface area contributed by atoms with Gasteiger partial charge in [0.1, 0.15) is 0 Å². The Morgan fingerprint density at radius 3 is 2.56 bits per heavy atom. The maximum absolute atomic E-state index is 10.5. The van der Waals surface area contributed by atoms with Gasteiger partial charge in [-0.05, 0) is 6.08 Å². The molecule has 0 radical (unpaired) electrons. The number of carbonyl (C=O) groups is 1. The summed E-state index contributed by atoms with van der Waals surface area (Å²) in [6, 6.07) is 0. The van der Waals surface area contributed by atoms with Crippen LogP contribution in [-0.4, -0.2) is 21.8 Å². The molecule has 0 aromatic heterocycles. The lowest BCUT2D eigenvalue weighted by atomic mass is 10.5. The summed E-state index contributed by atoms with van der Waals surface area (Å²) in [5, 5.41) is 2.67.